The van der Waals surface area contributed by atoms with Crippen LogP contribution < -0.4 is 0 Å². The molecule has 1 saturated heterocycles. The number of halogens is 2. The molecule has 2 unspecified atom stereocenters. The highest BCUT2D eigenvalue weighted by Crippen LogP contribution is 2.33. The minimum absolute atomic E-state index is 0.0229. The van der Waals surface area contributed by atoms with Crippen LogP contribution >= 0.6 is 11.6 Å². The van der Waals surface area contributed by atoms with Gasteiger partial charge in [0.05, 0.1) is 6.10 Å². The molecular formula is C21H23ClFNO3. The first-order chi connectivity index (χ1) is 12.9. The number of aliphatic hydroxyl groups excluding tert-OH is 1. The van der Waals surface area contributed by atoms with E-state index in [0.717, 1.165) is 0 Å². The first-order valence-corrected chi connectivity index (χ1v) is 9.44. The molecule has 0 aromatic heterocycles. The third-order valence-corrected chi connectivity index (χ3v) is 5.43. The van der Waals surface area contributed by atoms with Crippen LogP contribution in [0.4, 0.5) is 4.39 Å². The van der Waals surface area contributed by atoms with Crippen molar-refractivity contribution in [3.8, 4) is 0 Å². The van der Waals surface area contributed by atoms with Gasteiger partial charge in [-0.2, -0.15) is 0 Å². The minimum Gasteiger partial charge on any atom is -0.388 e. The number of aliphatic hydroxyl groups is 2. The van der Waals surface area contributed by atoms with Crippen molar-refractivity contribution < 1.29 is 19.4 Å². The van der Waals surface area contributed by atoms with Gasteiger partial charge in [-0.05, 0) is 61.3 Å². The number of carbonyl (C=O) groups is 1. The van der Waals surface area contributed by atoms with E-state index in [1.54, 1.807) is 24.3 Å². The van der Waals surface area contributed by atoms with Crippen LogP contribution in [-0.2, 0) is 5.60 Å². The number of rotatable bonds is 6. The van der Waals surface area contributed by atoms with Crippen molar-refractivity contribution in [2.45, 2.75) is 31.0 Å². The van der Waals surface area contributed by atoms with E-state index in [2.05, 4.69) is 0 Å². The Morgan fingerprint density at radius 2 is 1.85 bits per heavy atom. The van der Waals surface area contributed by atoms with Crippen LogP contribution in [0.3, 0.4) is 0 Å². The molecule has 2 N–H and O–H groups in total. The second-order valence-electron chi connectivity index (χ2n) is 7.03. The number of Topliss-reactive ketones (excluding diaryl/α,β-unsaturated/α-hetero) is 1. The Labute approximate surface area is 163 Å². The number of ketones is 1. The third-order valence-electron chi connectivity index (χ3n) is 5.18. The van der Waals surface area contributed by atoms with Gasteiger partial charge in [0.15, 0.2) is 5.78 Å². The first-order valence-electron chi connectivity index (χ1n) is 9.06. The molecule has 0 aliphatic carbocycles. The molecule has 3 rings (SSSR count). The predicted octanol–water partition coefficient (Wildman–Crippen LogP) is 3.40. The summed E-state index contributed by atoms with van der Waals surface area (Å²) in [7, 11) is 0. The number of likely N-dealkylation sites (tertiary alicyclic amines) is 1. The molecule has 27 heavy (non-hydrogen) atoms. The van der Waals surface area contributed by atoms with Crippen LogP contribution in [0.15, 0.2) is 48.5 Å². The summed E-state index contributed by atoms with van der Waals surface area (Å²) >= 11 is 5.89. The van der Waals surface area contributed by atoms with Gasteiger partial charge in [-0.15, -0.1) is 0 Å². The molecule has 1 aliphatic rings. The Hall–Kier alpha value is -1.79. The summed E-state index contributed by atoms with van der Waals surface area (Å²) in [6.45, 7) is 1.62. The molecule has 0 amide bonds. The number of benzene rings is 2. The Balaban J connectivity index is 1.50. The van der Waals surface area contributed by atoms with Crippen molar-refractivity contribution in [2.24, 2.45) is 0 Å². The molecule has 144 valence electrons. The summed E-state index contributed by atoms with van der Waals surface area (Å²) in [6, 6.07) is 12.4. The van der Waals surface area contributed by atoms with Gasteiger partial charge in [-0.1, -0.05) is 23.7 Å². The predicted molar refractivity (Wildman–Crippen MR) is 102 cm³/mol. The number of carbonyl (C=O) groups excluding carboxylic acids is 1. The maximum absolute atomic E-state index is 12.9. The zero-order valence-corrected chi connectivity index (χ0v) is 15.7. The number of piperidine rings is 1. The van der Waals surface area contributed by atoms with Gasteiger partial charge in [0, 0.05) is 30.1 Å². The zero-order valence-electron chi connectivity index (χ0n) is 14.9. The smallest absolute Gasteiger partial charge is 0.162 e. The van der Waals surface area contributed by atoms with Crippen LogP contribution in [0.1, 0.15) is 35.2 Å². The fourth-order valence-electron chi connectivity index (χ4n) is 3.50. The first kappa shape index (κ1) is 20.0. The Kier molecular flexibility index (Phi) is 6.27. The molecule has 2 aromatic rings. The molecule has 0 spiro atoms. The summed E-state index contributed by atoms with van der Waals surface area (Å²) in [6.07, 6.45) is 0.490. The van der Waals surface area contributed by atoms with E-state index in [9.17, 15) is 19.4 Å². The molecule has 0 saturated carbocycles. The van der Waals surface area contributed by atoms with Crippen molar-refractivity contribution >= 4 is 17.4 Å². The molecule has 2 aromatic carbocycles. The van der Waals surface area contributed by atoms with E-state index in [4.69, 9.17) is 11.6 Å². The SMILES string of the molecule is O=C(CCCN1CCC(O)(c2ccc(Cl)cc2)C(O)C1)c1ccc(F)cc1. The molecule has 0 bridgehead atoms. The fourth-order valence-corrected chi connectivity index (χ4v) is 3.63. The molecular weight excluding hydrogens is 369 g/mol. The highest BCUT2D eigenvalue weighted by Gasteiger charge is 2.41. The van der Waals surface area contributed by atoms with Crippen LogP contribution in [0.2, 0.25) is 5.02 Å². The lowest BCUT2D eigenvalue weighted by Gasteiger charge is -2.42. The maximum Gasteiger partial charge on any atom is 0.162 e. The van der Waals surface area contributed by atoms with Gasteiger partial charge in [0.25, 0.3) is 0 Å². The monoisotopic (exact) mass is 391 g/mol. The van der Waals surface area contributed by atoms with Crippen molar-refractivity contribution in [3.63, 3.8) is 0 Å². The average molecular weight is 392 g/mol. The second kappa shape index (κ2) is 8.48. The van der Waals surface area contributed by atoms with Gasteiger partial charge < -0.3 is 15.1 Å². The quantitative estimate of drug-likeness (QED) is 0.741. The highest BCUT2D eigenvalue weighted by molar-refractivity contribution is 6.30. The van der Waals surface area contributed by atoms with Crippen molar-refractivity contribution in [3.05, 3.63) is 70.5 Å². The molecule has 1 fully saturated rings. The summed E-state index contributed by atoms with van der Waals surface area (Å²) in [5.74, 6) is -0.382. The van der Waals surface area contributed by atoms with Crippen LogP contribution in [0.25, 0.3) is 0 Å². The molecule has 0 radical (unpaired) electrons. The lowest BCUT2D eigenvalue weighted by Crippen LogP contribution is -2.53. The number of hydrogen-bond acceptors (Lipinski definition) is 4. The van der Waals surface area contributed by atoms with Crippen molar-refractivity contribution in [1.82, 2.24) is 4.90 Å². The largest absolute Gasteiger partial charge is 0.388 e. The normalized spacial score (nSPS) is 23.3. The van der Waals surface area contributed by atoms with Crippen molar-refractivity contribution in [1.29, 1.82) is 0 Å². The standard InChI is InChI=1S/C21H23ClFNO3/c22-17-7-5-16(6-8-17)21(27)11-13-24(14-20(21)26)12-1-2-19(25)15-3-9-18(23)10-4-15/h3-10,20,26-27H,1-2,11-14H2. The van der Waals surface area contributed by atoms with E-state index in [1.807, 2.05) is 4.90 Å². The summed E-state index contributed by atoms with van der Waals surface area (Å²) in [5, 5.41) is 22.0. The van der Waals surface area contributed by atoms with Gasteiger partial charge in [-0.3, -0.25) is 4.79 Å². The second-order valence-corrected chi connectivity index (χ2v) is 7.47. The van der Waals surface area contributed by atoms with E-state index in [0.29, 0.717) is 55.0 Å². The van der Waals surface area contributed by atoms with Gasteiger partial charge in [-0.25, -0.2) is 4.39 Å². The average Bonchev–Trinajstić information content (AvgIpc) is 2.65. The van der Waals surface area contributed by atoms with Crippen LogP contribution in [0, 0.1) is 5.82 Å². The summed E-state index contributed by atoms with van der Waals surface area (Å²) < 4.78 is 12.9. The van der Waals surface area contributed by atoms with E-state index < -0.39 is 11.7 Å². The van der Waals surface area contributed by atoms with Gasteiger partial charge in [0.1, 0.15) is 11.4 Å². The third kappa shape index (κ3) is 4.74. The van der Waals surface area contributed by atoms with E-state index in [1.165, 1.54) is 24.3 Å². The van der Waals surface area contributed by atoms with Crippen molar-refractivity contribution in [2.75, 3.05) is 19.6 Å². The Morgan fingerprint density at radius 3 is 2.48 bits per heavy atom. The summed E-state index contributed by atoms with van der Waals surface area (Å²) in [5.41, 5.74) is -0.122. The Morgan fingerprint density at radius 1 is 1.19 bits per heavy atom. The minimum atomic E-state index is -1.29. The van der Waals surface area contributed by atoms with E-state index >= 15 is 0 Å². The molecule has 1 aliphatic heterocycles. The topological polar surface area (TPSA) is 60.8 Å². The fraction of sp³-hybridized carbons (Fsp3) is 0.381. The van der Waals surface area contributed by atoms with Gasteiger partial charge in [0.2, 0.25) is 0 Å². The molecule has 1 heterocycles. The molecule has 6 heteroatoms. The molecule has 2 atom stereocenters. The number of nitrogens with zero attached hydrogens (tertiary/aromatic N) is 1. The van der Waals surface area contributed by atoms with Crippen LogP contribution in [0.5, 0.6) is 0 Å². The van der Waals surface area contributed by atoms with Gasteiger partial charge >= 0.3 is 0 Å². The highest BCUT2D eigenvalue weighted by atomic mass is 35.5. The van der Waals surface area contributed by atoms with E-state index in [-0.39, 0.29) is 11.6 Å². The lowest BCUT2D eigenvalue weighted by molar-refractivity contribution is -0.124. The lowest BCUT2D eigenvalue weighted by atomic mass is 9.82. The molecule has 4 nitrogen and oxygen atoms in total. The zero-order chi connectivity index (χ0) is 19.4. The van der Waals surface area contributed by atoms with Crippen LogP contribution in [-0.4, -0.2) is 46.6 Å². The Bertz CT molecular complexity index is 781. The maximum atomic E-state index is 12.9. The summed E-state index contributed by atoms with van der Waals surface area (Å²) in [4.78, 5) is 14.2. The number of hydrogen-bond donors (Lipinski definition) is 2. The number of β-amino-alcohol motifs (C(OH)–C–C–N with tert-alkyl or cyclic N) is 1.